The molecule has 0 spiro atoms. The van der Waals surface area contributed by atoms with Crippen molar-refractivity contribution in [2.24, 2.45) is 5.84 Å². The van der Waals surface area contributed by atoms with Crippen molar-refractivity contribution in [2.75, 3.05) is 57.6 Å². The molecule has 1 heterocycles. The van der Waals surface area contributed by atoms with Crippen molar-refractivity contribution in [1.29, 1.82) is 0 Å². The lowest BCUT2D eigenvalue weighted by Gasteiger charge is -2.29. The van der Waals surface area contributed by atoms with Crippen LogP contribution in [0.2, 0.25) is 0 Å². The molecule has 0 aliphatic heterocycles. The highest BCUT2D eigenvalue weighted by Crippen LogP contribution is 2.39. The van der Waals surface area contributed by atoms with Gasteiger partial charge in [-0.3, -0.25) is 14.7 Å². The highest BCUT2D eigenvalue weighted by Gasteiger charge is 2.24. The summed E-state index contributed by atoms with van der Waals surface area (Å²) in [4.78, 5) is 18.4. The van der Waals surface area contributed by atoms with Gasteiger partial charge in [-0.15, -0.1) is 11.3 Å². The molecular formula is C31H42N6OS. The van der Waals surface area contributed by atoms with Crippen LogP contribution in [-0.2, 0) is 17.8 Å². The van der Waals surface area contributed by atoms with Gasteiger partial charge in [0.25, 0.3) is 0 Å². The second kappa shape index (κ2) is 14.4. The maximum atomic E-state index is 12.6. The predicted molar refractivity (Wildman–Crippen MR) is 165 cm³/mol. The van der Waals surface area contributed by atoms with Crippen LogP contribution in [0.4, 0.5) is 11.4 Å². The van der Waals surface area contributed by atoms with E-state index < -0.39 is 0 Å². The Kier molecular flexibility index (Phi) is 10.7. The van der Waals surface area contributed by atoms with E-state index in [2.05, 4.69) is 46.2 Å². The summed E-state index contributed by atoms with van der Waals surface area (Å²) in [5, 5.41) is 10.2. The van der Waals surface area contributed by atoms with Crippen LogP contribution in [0.25, 0.3) is 5.70 Å². The number of carbonyl (C=O) groups excluding carboxylic acids is 1. The van der Waals surface area contributed by atoms with Crippen molar-refractivity contribution < 1.29 is 4.79 Å². The Labute approximate surface area is 237 Å². The number of amides is 1. The standard InChI is InChI=1S/C31H42N6OS/c1-33-18-20-35(2)19-7-10-25-11-16-29-28(17-21-39-29)31(25)37(32)27-14-12-26(13-15-27)34-30(38)23-36(3)22-24-8-5-4-6-9-24/h4-6,8-9,12-15,17,21,33H,7,10-11,16,18-20,22-23,32H2,1-3H3,(H,34,38). The van der Waals surface area contributed by atoms with E-state index in [1.807, 2.05) is 77.8 Å². The van der Waals surface area contributed by atoms with Gasteiger partial charge in [0, 0.05) is 35.8 Å². The molecule has 0 saturated carbocycles. The van der Waals surface area contributed by atoms with Crippen molar-refractivity contribution in [1.82, 2.24) is 15.1 Å². The van der Waals surface area contributed by atoms with Crippen molar-refractivity contribution in [2.45, 2.75) is 32.2 Å². The molecule has 0 bridgehead atoms. The topological polar surface area (TPSA) is 76.9 Å². The van der Waals surface area contributed by atoms with E-state index in [0.717, 1.165) is 68.9 Å². The molecule has 0 saturated heterocycles. The summed E-state index contributed by atoms with van der Waals surface area (Å²) in [7, 11) is 6.13. The lowest BCUT2D eigenvalue weighted by Crippen LogP contribution is -2.32. The van der Waals surface area contributed by atoms with Gasteiger partial charge in [0.05, 0.1) is 17.9 Å². The van der Waals surface area contributed by atoms with Gasteiger partial charge in [0.2, 0.25) is 5.91 Å². The minimum absolute atomic E-state index is 0.0364. The molecule has 1 aliphatic rings. The number of rotatable bonds is 14. The molecule has 1 aromatic heterocycles. The lowest BCUT2D eigenvalue weighted by molar-refractivity contribution is -0.117. The number of hydrogen-bond acceptors (Lipinski definition) is 7. The second-order valence-corrected chi connectivity index (χ2v) is 11.3. The Balaban J connectivity index is 1.39. The van der Waals surface area contributed by atoms with Crippen molar-refractivity contribution >= 4 is 34.3 Å². The number of nitrogens with one attached hydrogen (secondary N) is 2. The first kappa shape index (κ1) is 29.0. The van der Waals surface area contributed by atoms with Crippen LogP contribution in [0.3, 0.4) is 0 Å². The van der Waals surface area contributed by atoms with E-state index in [1.165, 1.54) is 21.6 Å². The Hall–Kier alpha value is -3.01. The molecule has 1 aliphatic carbocycles. The van der Waals surface area contributed by atoms with Crippen molar-refractivity contribution in [3.63, 3.8) is 0 Å². The Morgan fingerprint density at radius 3 is 2.49 bits per heavy atom. The lowest BCUT2D eigenvalue weighted by atomic mass is 9.91. The molecule has 0 radical (unpaired) electrons. The van der Waals surface area contributed by atoms with Gasteiger partial charge in [-0.1, -0.05) is 30.3 Å². The molecule has 4 rings (SSSR count). The number of hydrazine groups is 1. The zero-order valence-electron chi connectivity index (χ0n) is 23.5. The average molecular weight is 547 g/mol. The molecule has 2 aromatic carbocycles. The third-order valence-electron chi connectivity index (χ3n) is 7.13. The summed E-state index contributed by atoms with van der Waals surface area (Å²) in [6.07, 6.45) is 4.27. The summed E-state index contributed by atoms with van der Waals surface area (Å²) in [5.41, 5.74) is 6.67. The zero-order valence-corrected chi connectivity index (χ0v) is 24.3. The number of allylic oxidation sites excluding steroid dienone is 1. The first-order valence-corrected chi connectivity index (χ1v) is 14.6. The van der Waals surface area contributed by atoms with Crippen molar-refractivity contribution in [3.8, 4) is 0 Å². The zero-order chi connectivity index (χ0) is 27.6. The maximum absolute atomic E-state index is 12.6. The molecular weight excluding hydrogens is 504 g/mol. The van der Waals surface area contributed by atoms with Gasteiger partial charge in [-0.05, 0) is 100 Å². The largest absolute Gasteiger partial charge is 0.325 e. The van der Waals surface area contributed by atoms with Gasteiger partial charge >= 0.3 is 0 Å². The van der Waals surface area contributed by atoms with E-state index in [0.29, 0.717) is 6.54 Å². The summed E-state index contributed by atoms with van der Waals surface area (Å²) >= 11 is 1.81. The molecule has 208 valence electrons. The predicted octanol–water partition coefficient (Wildman–Crippen LogP) is 4.79. The van der Waals surface area contributed by atoms with Crippen LogP contribution in [0.15, 0.2) is 71.6 Å². The number of thiophene rings is 1. The first-order chi connectivity index (χ1) is 18.9. The quantitative estimate of drug-likeness (QED) is 0.199. The molecule has 0 unspecified atom stereocenters. The first-order valence-electron chi connectivity index (χ1n) is 13.7. The molecule has 0 fully saturated rings. The number of likely N-dealkylation sites (N-methyl/N-ethyl adjacent to an activating group) is 3. The Bertz CT molecular complexity index is 1220. The van der Waals surface area contributed by atoms with E-state index in [4.69, 9.17) is 5.84 Å². The minimum Gasteiger partial charge on any atom is -0.325 e. The second-order valence-electron chi connectivity index (χ2n) is 10.3. The van der Waals surface area contributed by atoms with Gasteiger partial charge in [0.15, 0.2) is 0 Å². The molecule has 39 heavy (non-hydrogen) atoms. The maximum Gasteiger partial charge on any atom is 0.238 e. The highest BCUT2D eigenvalue weighted by molar-refractivity contribution is 7.10. The van der Waals surface area contributed by atoms with E-state index in [-0.39, 0.29) is 5.91 Å². The van der Waals surface area contributed by atoms with Gasteiger partial charge in [-0.25, -0.2) is 5.84 Å². The van der Waals surface area contributed by atoms with Crippen LogP contribution in [-0.4, -0.2) is 63.0 Å². The molecule has 7 nitrogen and oxygen atoms in total. The summed E-state index contributed by atoms with van der Waals surface area (Å²) in [6.45, 7) is 4.16. The van der Waals surface area contributed by atoms with Crippen LogP contribution in [0, 0.1) is 0 Å². The average Bonchev–Trinajstić information content (AvgIpc) is 3.41. The molecule has 4 N–H and O–H groups in total. The fourth-order valence-corrected chi connectivity index (χ4v) is 5.95. The monoisotopic (exact) mass is 546 g/mol. The highest BCUT2D eigenvalue weighted by atomic mass is 32.1. The molecule has 0 atom stereocenters. The van der Waals surface area contributed by atoms with Gasteiger partial charge in [0.1, 0.15) is 0 Å². The molecule has 3 aromatic rings. The van der Waals surface area contributed by atoms with Crippen LogP contribution in [0.5, 0.6) is 0 Å². The number of fused-ring (bicyclic) bond motifs is 1. The van der Waals surface area contributed by atoms with Gasteiger partial charge in [-0.2, -0.15) is 0 Å². The number of nitrogens with zero attached hydrogens (tertiary/aromatic N) is 3. The fraction of sp³-hybridized carbons (Fsp3) is 0.387. The SMILES string of the molecule is CNCCN(C)CCCC1=C(N(N)c2ccc(NC(=O)CN(C)Cc3ccccc3)cc2)c2ccsc2CC1. The number of anilines is 2. The summed E-state index contributed by atoms with van der Waals surface area (Å²) < 4.78 is 0. The number of carbonyl (C=O) groups is 1. The van der Waals surface area contributed by atoms with Crippen LogP contribution in [0.1, 0.15) is 35.3 Å². The van der Waals surface area contributed by atoms with Crippen molar-refractivity contribution in [3.05, 3.63) is 87.6 Å². The van der Waals surface area contributed by atoms with E-state index in [9.17, 15) is 4.79 Å². The summed E-state index contributed by atoms with van der Waals surface area (Å²) in [6, 6.07) is 20.2. The number of nitrogens with two attached hydrogens (primary N) is 1. The number of aryl methyl sites for hydroxylation is 1. The number of hydrogen-bond donors (Lipinski definition) is 3. The normalized spacial score (nSPS) is 13.2. The number of benzene rings is 2. The van der Waals surface area contributed by atoms with Crippen LogP contribution < -0.4 is 21.5 Å². The Morgan fingerprint density at radius 1 is 0.974 bits per heavy atom. The Morgan fingerprint density at radius 2 is 1.74 bits per heavy atom. The van der Waals surface area contributed by atoms with E-state index >= 15 is 0 Å². The molecule has 8 heteroatoms. The van der Waals surface area contributed by atoms with Crippen LogP contribution >= 0.6 is 11.3 Å². The smallest absolute Gasteiger partial charge is 0.238 e. The summed E-state index contributed by atoms with van der Waals surface area (Å²) in [5.74, 6) is 6.75. The molecule has 1 amide bonds. The fourth-order valence-electron chi connectivity index (χ4n) is 5.07. The van der Waals surface area contributed by atoms with E-state index in [1.54, 1.807) is 0 Å². The third-order valence-corrected chi connectivity index (χ3v) is 8.11. The van der Waals surface area contributed by atoms with Gasteiger partial charge < -0.3 is 15.5 Å². The minimum atomic E-state index is -0.0364. The third kappa shape index (κ3) is 8.24.